The SMILES string of the molecule is CCOCCCC(=O)Nc1ccccc1CN. The molecular formula is C13H20N2O2. The van der Waals surface area contributed by atoms with Crippen molar-refractivity contribution in [3.8, 4) is 0 Å². The van der Waals surface area contributed by atoms with E-state index < -0.39 is 0 Å². The molecule has 0 fully saturated rings. The van der Waals surface area contributed by atoms with Gasteiger partial charge in [-0.2, -0.15) is 0 Å². The number of carbonyl (C=O) groups is 1. The number of para-hydroxylation sites is 1. The van der Waals surface area contributed by atoms with Crippen LogP contribution in [-0.2, 0) is 16.1 Å². The molecule has 0 saturated heterocycles. The normalized spacial score (nSPS) is 10.2. The van der Waals surface area contributed by atoms with E-state index in [2.05, 4.69) is 5.32 Å². The molecule has 0 heterocycles. The van der Waals surface area contributed by atoms with Crippen LogP contribution in [0.3, 0.4) is 0 Å². The Balaban J connectivity index is 2.39. The molecule has 0 spiro atoms. The largest absolute Gasteiger partial charge is 0.382 e. The first-order valence-electron chi connectivity index (χ1n) is 5.93. The lowest BCUT2D eigenvalue weighted by atomic mass is 10.1. The number of ether oxygens (including phenoxy) is 1. The highest BCUT2D eigenvalue weighted by atomic mass is 16.5. The molecule has 0 saturated carbocycles. The van der Waals surface area contributed by atoms with Gasteiger partial charge in [-0.15, -0.1) is 0 Å². The summed E-state index contributed by atoms with van der Waals surface area (Å²) in [5, 5.41) is 2.86. The average molecular weight is 236 g/mol. The van der Waals surface area contributed by atoms with Crippen molar-refractivity contribution in [2.45, 2.75) is 26.3 Å². The van der Waals surface area contributed by atoms with Gasteiger partial charge in [-0.05, 0) is 25.0 Å². The molecule has 1 aromatic rings. The Labute approximate surface area is 102 Å². The Bertz CT molecular complexity index is 353. The molecule has 0 unspecified atom stereocenters. The molecule has 1 rings (SSSR count). The zero-order chi connectivity index (χ0) is 12.5. The minimum atomic E-state index is 0.00519. The first-order chi connectivity index (χ1) is 8.27. The number of anilines is 1. The fourth-order valence-electron chi connectivity index (χ4n) is 1.51. The third-order valence-corrected chi connectivity index (χ3v) is 2.41. The van der Waals surface area contributed by atoms with Crippen molar-refractivity contribution in [2.24, 2.45) is 5.73 Å². The predicted molar refractivity (Wildman–Crippen MR) is 68.7 cm³/mol. The number of hydrogen-bond acceptors (Lipinski definition) is 3. The Morgan fingerprint density at radius 2 is 2.18 bits per heavy atom. The van der Waals surface area contributed by atoms with Crippen LogP contribution in [0.5, 0.6) is 0 Å². The molecule has 1 aromatic carbocycles. The van der Waals surface area contributed by atoms with E-state index in [1.165, 1.54) is 0 Å². The Kier molecular flexibility index (Phi) is 6.29. The quantitative estimate of drug-likeness (QED) is 0.711. The van der Waals surface area contributed by atoms with E-state index in [1.54, 1.807) is 0 Å². The van der Waals surface area contributed by atoms with Gasteiger partial charge in [-0.3, -0.25) is 4.79 Å². The summed E-state index contributed by atoms with van der Waals surface area (Å²) in [6.45, 7) is 3.69. The van der Waals surface area contributed by atoms with Crippen LogP contribution in [0.2, 0.25) is 0 Å². The lowest BCUT2D eigenvalue weighted by molar-refractivity contribution is -0.116. The second-order valence-electron chi connectivity index (χ2n) is 3.71. The number of hydrogen-bond donors (Lipinski definition) is 2. The van der Waals surface area contributed by atoms with E-state index >= 15 is 0 Å². The molecule has 3 N–H and O–H groups in total. The minimum Gasteiger partial charge on any atom is -0.382 e. The van der Waals surface area contributed by atoms with Crippen LogP contribution in [-0.4, -0.2) is 19.1 Å². The smallest absolute Gasteiger partial charge is 0.224 e. The molecule has 0 atom stereocenters. The molecule has 94 valence electrons. The fourth-order valence-corrected chi connectivity index (χ4v) is 1.51. The van der Waals surface area contributed by atoms with Crippen molar-refractivity contribution >= 4 is 11.6 Å². The Hall–Kier alpha value is -1.39. The zero-order valence-electron chi connectivity index (χ0n) is 10.2. The molecule has 4 heteroatoms. The van der Waals surface area contributed by atoms with Crippen LogP contribution in [0.15, 0.2) is 24.3 Å². The van der Waals surface area contributed by atoms with Crippen LogP contribution < -0.4 is 11.1 Å². The van der Waals surface area contributed by atoms with Gasteiger partial charge >= 0.3 is 0 Å². The highest BCUT2D eigenvalue weighted by molar-refractivity contribution is 5.91. The van der Waals surface area contributed by atoms with Crippen LogP contribution in [0.4, 0.5) is 5.69 Å². The summed E-state index contributed by atoms with van der Waals surface area (Å²) in [6.07, 6.45) is 1.21. The first-order valence-corrected chi connectivity index (χ1v) is 5.93. The lowest BCUT2D eigenvalue weighted by Crippen LogP contribution is -2.14. The number of rotatable bonds is 7. The highest BCUT2D eigenvalue weighted by Crippen LogP contribution is 2.14. The van der Waals surface area contributed by atoms with Gasteiger partial charge in [-0.1, -0.05) is 18.2 Å². The monoisotopic (exact) mass is 236 g/mol. The summed E-state index contributed by atoms with van der Waals surface area (Å²) >= 11 is 0. The maximum atomic E-state index is 11.6. The van der Waals surface area contributed by atoms with Crippen LogP contribution in [0, 0.1) is 0 Å². The highest BCUT2D eigenvalue weighted by Gasteiger charge is 2.05. The summed E-state index contributed by atoms with van der Waals surface area (Å²) in [4.78, 5) is 11.6. The van der Waals surface area contributed by atoms with Crippen molar-refractivity contribution in [1.82, 2.24) is 0 Å². The predicted octanol–water partition coefficient (Wildman–Crippen LogP) is 1.90. The van der Waals surface area contributed by atoms with E-state index in [-0.39, 0.29) is 5.91 Å². The van der Waals surface area contributed by atoms with Crippen molar-refractivity contribution in [2.75, 3.05) is 18.5 Å². The molecule has 0 aliphatic rings. The molecule has 17 heavy (non-hydrogen) atoms. The number of nitrogens with one attached hydrogen (secondary N) is 1. The summed E-state index contributed by atoms with van der Waals surface area (Å²) in [5.74, 6) is 0.00519. The first kappa shape index (κ1) is 13.7. The van der Waals surface area contributed by atoms with Gasteiger partial charge in [0.1, 0.15) is 0 Å². The van der Waals surface area contributed by atoms with E-state index in [1.807, 2.05) is 31.2 Å². The van der Waals surface area contributed by atoms with E-state index in [4.69, 9.17) is 10.5 Å². The topological polar surface area (TPSA) is 64.3 Å². The number of nitrogens with two attached hydrogens (primary N) is 1. The van der Waals surface area contributed by atoms with Gasteiger partial charge < -0.3 is 15.8 Å². The fraction of sp³-hybridized carbons (Fsp3) is 0.462. The Morgan fingerprint density at radius 3 is 2.88 bits per heavy atom. The third-order valence-electron chi connectivity index (χ3n) is 2.41. The van der Waals surface area contributed by atoms with Gasteiger partial charge in [0.05, 0.1) is 0 Å². The number of amides is 1. The van der Waals surface area contributed by atoms with Gasteiger partial charge in [0.15, 0.2) is 0 Å². The number of carbonyl (C=O) groups excluding carboxylic acids is 1. The Morgan fingerprint density at radius 1 is 1.41 bits per heavy atom. The molecule has 0 radical (unpaired) electrons. The average Bonchev–Trinajstić information content (AvgIpc) is 2.35. The van der Waals surface area contributed by atoms with Crippen molar-refractivity contribution < 1.29 is 9.53 Å². The minimum absolute atomic E-state index is 0.00519. The van der Waals surface area contributed by atoms with Gasteiger partial charge in [0.2, 0.25) is 5.91 Å². The molecule has 0 aromatic heterocycles. The summed E-state index contributed by atoms with van der Waals surface area (Å²) in [6, 6.07) is 7.57. The summed E-state index contributed by atoms with van der Waals surface area (Å²) in [5.41, 5.74) is 7.35. The summed E-state index contributed by atoms with van der Waals surface area (Å²) < 4.78 is 5.18. The zero-order valence-corrected chi connectivity index (χ0v) is 10.2. The number of benzene rings is 1. The molecular weight excluding hydrogens is 216 g/mol. The van der Waals surface area contributed by atoms with E-state index in [0.717, 1.165) is 17.7 Å². The van der Waals surface area contributed by atoms with Crippen LogP contribution in [0.1, 0.15) is 25.3 Å². The molecule has 4 nitrogen and oxygen atoms in total. The lowest BCUT2D eigenvalue weighted by Gasteiger charge is -2.09. The van der Waals surface area contributed by atoms with Crippen molar-refractivity contribution in [3.63, 3.8) is 0 Å². The third kappa shape index (κ3) is 4.97. The van der Waals surface area contributed by atoms with Gasteiger partial charge in [0, 0.05) is 31.9 Å². The standard InChI is InChI=1S/C13H20N2O2/c1-2-17-9-5-8-13(16)15-12-7-4-3-6-11(12)10-14/h3-4,6-7H,2,5,8-10,14H2,1H3,(H,15,16). The van der Waals surface area contributed by atoms with Crippen LogP contribution in [0.25, 0.3) is 0 Å². The van der Waals surface area contributed by atoms with Crippen molar-refractivity contribution in [3.05, 3.63) is 29.8 Å². The maximum absolute atomic E-state index is 11.6. The molecule has 0 bridgehead atoms. The molecule has 0 aliphatic carbocycles. The molecule has 0 aliphatic heterocycles. The second kappa shape index (κ2) is 7.81. The molecule has 1 amide bonds. The van der Waals surface area contributed by atoms with Crippen molar-refractivity contribution in [1.29, 1.82) is 0 Å². The van der Waals surface area contributed by atoms with E-state index in [9.17, 15) is 4.79 Å². The van der Waals surface area contributed by atoms with Gasteiger partial charge in [0.25, 0.3) is 0 Å². The van der Waals surface area contributed by atoms with Crippen LogP contribution >= 0.6 is 0 Å². The summed E-state index contributed by atoms with van der Waals surface area (Å²) in [7, 11) is 0. The maximum Gasteiger partial charge on any atom is 0.224 e. The second-order valence-corrected chi connectivity index (χ2v) is 3.71. The van der Waals surface area contributed by atoms with E-state index in [0.29, 0.717) is 26.2 Å². The van der Waals surface area contributed by atoms with Gasteiger partial charge in [-0.25, -0.2) is 0 Å².